The molecule has 2 aliphatic heterocycles. The van der Waals surface area contributed by atoms with Crippen molar-refractivity contribution >= 4 is 128 Å². The lowest BCUT2D eigenvalue weighted by Crippen LogP contribution is -2.66. The van der Waals surface area contributed by atoms with Crippen molar-refractivity contribution < 1.29 is 105 Å². The lowest BCUT2D eigenvalue weighted by molar-refractivity contribution is -0.163. The van der Waals surface area contributed by atoms with E-state index >= 15 is 28.8 Å². The number of primary amides is 2. The van der Waals surface area contributed by atoms with Crippen LogP contribution in [0.2, 0.25) is 0 Å². The summed E-state index contributed by atoms with van der Waals surface area (Å²) in [6.07, 6.45) is -5.69. The van der Waals surface area contributed by atoms with Crippen LogP contribution in [-0.2, 0) is 104 Å². The standard InChI is InChI=1S/C76H114N20O22S/c1-38(2)30-48-64(105)85-50(33-56(78)101)66(107)91-59(41(6)98)73(114)93(11)35-57(102)96(60(42(7)99)74(115)94(12)53(67(108)86-48)26-27-55(77)100)72(113)52(36-119(116,117)118)89-63(104)47(24-18-28-81-75(79)80)84-65(106)49(32-44-34-82-46-23-17-16-22-45(44)46)87-70(111)61(76(8,9)10)92-69(110)58(39(3)4)90-68(109)54-25-19-29-95(54)71(112)51(31-43-20-14-13-15-21-43)88-62(103)40(5)83-37-97/h13-17,20-23,34,37-42,47-54,58-61,82,98-99H,18-19,24-33,35-36H2,1-12H3,(H2,77,100)(H2,78,101)(H,83,97)(H,84,106)(H,85,105)(H,86,108)(H,87,111)(H,88,103)(H,89,104)(H,90,109)(H,91,107)(H,92,110)(H4,79,80,81)(H,116,117,118)/t40?,41-,42+,47?,48?,49?,50?,51?,52?,53?,54?,58?,59+,60-,61?/m1/s1. The van der Waals surface area contributed by atoms with Gasteiger partial charge >= 0.3 is 0 Å². The van der Waals surface area contributed by atoms with Crippen LogP contribution in [0.1, 0.15) is 132 Å². The van der Waals surface area contributed by atoms with E-state index in [4.69, 9.17) is 22.9 Å². The summed E-state index contributed by atoms with van der Waals surface area (Å²) >= 11 is 0. The van der Waals surface area contributed by atoms with E-state index in [1.165, 1.54) is 18.0 Å². The van der Waals surface area contributed by atoms with Crippen LogP contribution in [0.25, 0.3) is 10.9 Å². The molecule has 1 aromatic heterocycles. The summed E-state index contributed by atoms with van der Waals surface area (Å²) in [7, 11) is -3.86. The van der Waals surface area contributed by atoms with Crippen molar-refractivity contribution in [3.8, 4) is 0 Å². The smallest absolute Gasteiger partial charge is 0.267 e. The maximum atomic E-state index is 15.7. The average Bonchev–Trinajstić information content (AvgIpc) is 1.28. The van der Waals surface area contributed by atoms with E-state index in [1.807, 2.05) is 0 Å². The number of aliphatic hydroxyl groups is 2. The number of aromatic nitrogens is 1. The van der Waals surface area contributed by atoms with Crippen LogP contribution in [0.5, 0.6) is 0 Å². The number of nitrogens with two attached hydrogens (primary N) is 4. The molecule has 2 saturated heterocycles. The number of amides is 17. The fourth-order valence-electron chi connectivity index (χ4n) is 13.6. The molecule has 5 rings (SSSR count). The molecule has 0 saturated carbocycles. The molecule has 119 heavy (non-hydrogen) atoms. The topological polar surface area (TPSA) is 651 Å². The lowest BCUT2D eigenvalue weighted by Gasteiger charge is -2.38. The van der Waals surface area contributed by atoms with Crippen molar-refractivity contribution in [1.82, 2.24) is 77.8 Å². The normalized spacial score (nSPS) is 20.4. The number of guanidine groups is 1. The maximum Gasteiger partial charge on any atom is 0.267 e. The number of aliphatic hydroxyl groups excluding tert-OH is 2. The quantitative estimate of drug-likeness (QED) is 0.00847. The molecule has 656 valence electrons. The maximum absolute atomic E-state index is 15.7. The van der Waals surface area contributed by atoms with Gasteiger partial charge in [0.25, 0.3) is 16.0 Å². The highest BCUT2D eigenvalue weighted by molar-refractivity contribution is 7.85. The summed E-state index contributed by atoms with van der Waals surface area (Å²) in [6, 6.07) is -7.90. The minimum Gasteiger partial charge on any atom is -0.391 e. The van der Waals surface area contributed by atoms with Gasteiger partial charge in [-0.25, -0.2) is 0 Å². The number of nitrogens with zero attached hydrogens (tertiary/aromatic N) is 5. The Labute approximate surface area is 688 Å². The fourth-order valence-corrected chi connectivity index (χ4v) is 14.2. The Morgan fingerprint density at radius 2 is 1.27 bits per heavy atom. The molecule has 0 aliphatic carbocycles. The molecule has 2 aromatic carbocycles. The number of aliphatic imine (C=N–C) groups is 1. The van der Waals surface area contributed by atoms with Crippen molar-refractivity contribution in [1.29, 1.82) is 0 Å². The van der Waals surface area contributed by atoms with Crippen molar-refractivity contribution in [3.63, 3.8) is 0 Å². The molecule has 3 aromatic rings. The Kier molecular flexibility index (Phi) is 36.3. The molecule has 0 radical (unpaired) electrons. The molecule has 43 heteroatoms. The highest BCUT2D eigenvalue weighted by Crippen LogP contribution is 2.26. The first-order chi connectivity index (χ1) is 55.6. The number of para-hydroxylation sites is 1. The highest BCUT2D eigenvalue weighted by Gasteiger charge is 2.48. The number of carbonyl (C=O) groups is 17. The van der Waals surface area contributed by atoms with Crippen molar-refractivity contribution in [2.75, 3.05) is 39.5 Å². The zero-order valence-corrected chi connectivity index (χ0v) is 69.4. The summed E-state index contributed by atoms with van der Waals surface area (Å²) < 4.78 is 37.2. The van der Waals surface area contributed by atoms with Crippen LogP contribution in [0.15, 0.2) is 65.8 Å². The Balaban J connectivity index is 1.61. The SMILES string of the molecule is CC(C)CC1NC(=O)C(CCC(N)=O)N(C)C(=O)[C@@H]([C@H](C)O)N(C(=O)C(CS(=O)(=O)O)NC(=O)C(CCCN=C(N)N)NC(=O)C(Cc2c[nH]c3ccccc23)NC(=O)C(NC(=O)C(NC(=O)C2CCCN2C(=O)C(Cc2ccccc2)NC(=O)C(C)NC=O)C(C)C)C(C)(C)C)C(=O)CN(C)C(=O)[C@H]([C@@H](C)O)NC(=O)C(CC(N)=O)NC1=O. The third kappa shape index (κ3) is 28.8. The van der Waals surface area contributed by atoms with Gasteiger partial charge in [-0.3, -0.25) is 96.0 Å². The van der Waals surface area contributed by atoms with Gasteiger partial charge in [0.1, 0.15) is 84.3 Å². The Bertz CT molecular complexity index is 4340. The number of benzene rings is 2. The number of H-pyrrole nitrogens is 1. The Morgan fingerprint density at radius 3 is 1.85 bits per heavy atom. The van der Waals surface area contributed by atoms with Crippen LogP contribution in [0.3, 0.4) is 0 Å². The van der Waals surface area contributed by atoms with Gasteiger partial charge in [0.15, 0.2) is 5.96 Å². The monoisotopic (exact) mass is 1690 g/mol. The van der Waals surface area contributed by atoms with Crippen molar-refractivity contribution in [2.24, 2.45) is 45.2 Å². The van der Waals surface area contributed by atoms with E-state index in [1.54, 1.807) is 103 Å². The molecule has 2 aliphatic rings. The van der Waals surface area contributed by atoms with E-state index in [0.29, 0.717) is 44.7 Å². The first-order valence-electron chi connectivity index (χ1n) is 38.7. The van der Waals surface area contributed by atoms with Gasteiger partial charge in [-0.1, -0.05) is 97.0 Å². The first-order valence-corrected chi connectivity index (χ1v) is 40.3. The number of likely N-dealkylation sites (N-methyl/N-ethyl adjacent to an activating group) is 2. The van der Waals surface area contributed by atoms with Gasteiger partial charge in [0.2, 0.25) is 95.0 Å². The number of carbonyl (C=O) groups excluding carboxylic acids is 17. The summed E-state index contributed by atoms with van der Waals surface area (Å²) in [6.45, 7) is 12.7. The molecular formula is C76H114N20O22S. The molecule has 42 nitrogen and oxygen atoms in total. The van der Waals surface area contributed by atoms with E-state index in [-0.39, 0.29) is 43.7 Å². The molecule has 15 atom stereocenters. The number of fused-ring (bicyclic) bond motifs is 1. The molecule has 3 heterocycles. The van der Waals surface area contributed by atoms with E-state index in [2.05, 4.69) is 63.1 Å². The summed E-state index contributed by atoms with van der Waals surface area (Å²) in [5.74, 6) is -22.8. The number of rotatable bonds is 36. The average molecular weight is 1690 g/mol. The van der Waals surface area contributed by atoms with Gasteiger partial charge < -0.3 is 106 Å². The minimum atomic E-state index is -5.62. The van der Waals surface area contributed by atoms with E-state index in [9.17, 15) is 75.9 Å². The molecule has 0 bridgehead atoms. The van der Waals surface area contributed by atoms with Gasteiger partial charge in [-0.2, -0.15) is 8.42 Å². The summed E-state index contributed by atoms with van der Waals surface area (Å²) in [4.78, 5) is 252. The van der Waals surface area contributed by atoms with Gasteiger partial charge in [0.05, 0.1) is 25.2 Å². The highest BCUT2D eigenvalue weighted by atomic mass is 32.2. The third-order valence-corrected chi connectivity index (χ3v) is 20.6. The second-order valence-electron chi connectivity index (χ2n) is 31.5. The second-order valence-corrected chi connectivity index (χ2v) is 33.0. The third-order valence-electron chi connectivity index (χ3n) is 19.9. The summed E-state index contributed by atoms with van der Waals surface area (Å²) in [5.41, 5.74) is 22.6. The minimum absolute atomic E-state index is 0.000265. The second kappa shape index (κ2) is 44.2. The largest absolute Gasteiger partial charge is 0.391 e. The molecule has 11 unspecified atom stereocenters. The van der Waals surface area contributed by atoms with Crippen molar-refractivity contribution in [3.05, 3.63) is 71.9 Å². The van der Waals surface area contributed by atoms with Crippen LogP contribution in [-0.4, -0.2) is 285 Å². The molecule has 2 fully saturated rings. The zero-order valence-electron chi connectivity index (χ0n) is 68.6. The zero-order chi connectivity index (χ0) is 89.4. The number of likely N-dealkylation sites (tertiary alicyclic amines) is 1. The Hall–Kier alpha value is -11.7. The number of aromatic amines is 1. The van der Waals surface area contributed by atoms with Gasteiger partial charge in [-0.05, 0) is 93.7 Å². The summed E-state index contributed by atoms with van der Waals surface area (Å²) in [5, 5.41) is 48.0. The van der Waals surface area contributed by atoms with Crippen molar-refractivity contribution in [2.45, 2.75) is 224 Å². The lowest BCUT2D eigenvalue weighted by atomic mass is 9.85. The molecule has 22 N–H and O–H groups in total. The molecule has 17 amide bonds. The van der Waals surface area contributed by atoms with E-state index in [0.717, 1.165) is 27.9 Å². The molecule has 0 spiro atoms. The first kappa shape index (κ1) is 97.8. The molecular weight excluding hydrogens is 1580 g/mol. The van der Waals surface area contributed by atoms with E-state index < -0.39 is 263 Å². The fraction of sp³-hybridized carbons (Fsp3) is 0.579. The van der Waals surface area contributed by atoms with Crippen LogP contribution < -0.4 is 76.1 Å². The number of hydrogen-bond acceptors (Lipinski definition) is 22. The predicted molar refractivity (Wildman–Crippen MR) is 428 cm³/mol. The number of hydrogen-bond donors (Lipinski definition) is 18. The number of imide groups is 1. The van der Waals surface area contributed by atoms with Crippen LogP contribution in [0.4, 0.5) is 0 Å². The van der Waals surface area contributed by atoms with Gasteiger partial charge in [-0.15, -0.1) is 0 Å². The predicted octanol–water partition coefficient (Wildman–Crippen LogP) is -5.94. The van der Waals surface area contributed by atoms with Gasteiger partial charge in [0, 0.05) is 63.5 Å². The Morgan fingerprint density at radius 1 is 0.672 bits per heavy atom. The van der Waals surface area contributed by atoms with Crippen LogP contribution >= 0.6 is 0 Å². The number of nitrogens with one attached hydrogen (secondary N) is 11. The van der Waals surface area contributed by atoms with Crippen LogP contribution in [0, 0.1) is 17.3 Å².